The lowest BCUT2D eigenvalue weighted by atomic mass is 10.0. The van der Waals surface area contributed by atoms with Gasteiger partial charge in [0.05, 0.1) is 41.6 Å². The molecule has 9 aromatic rings. The van der Waals surface area contributed by atoms with E-state index in [-0.39, 0.29) is 113 Å². The fourth-order valence-electron chi connectivity index (χ4n) is 17.3. The van der Waals surface area contributed by atoms with Gasteiger partial charge in [0.1, 0.15) is 0 Å². The highest BCUT2D eigenvalue weighted by molar-refractivity contribution is 7.59. The number of hydrogen-bond acceptors (Lipinski definition) is 11. The second-order valence-electron chi connectivity index (χ2n) is 33.4. The van der Waals surface area contributed by atoms with Gasteiger partial charge < -0.3 is 64.1 Å². The molecular formula is C98H123N13O7S3. The predicted octanol–water partition coefficient (Wildman–Crippen LogP) is 15.9. The van der Waals surface area contributed by atoms with Crippen molar-refractivity contribution in [3.63, 3.8) is 0 Å². The van der Waals surface area contributed by atoms with E-state index in [2.05, 4.69) is 176 Å². The SMILES string of the molecule is Cc1ccc(-c2ccc(C(=O)N(C)C3CCN(C(=O)N(C)C4CCN(c5ccc(C)cc5C=O)C4)C3)cc2)cc1.Cc1ccc(-c2ccc(C(=O)N(C)C3CCN(C(=O)N(C)C4CCN(c5ccc(C)cc5N(C)Cc5ccccc5)C4)C3)cc2)cc1.Cc1ccc(-c2ccc(C(=O)N(C)C3CCN(C(=O)N(C)C4CCNC4)C3)cc2)cc1.S.S.S. The van der Waals surface area contributed by atoms with Gasteiger partial charge in [-0.1, -0.05) is 174 Å². The van der Waals surface area contributed by atoms with Gasteiger partial charge in [0.2, 0.25) is 0 Å². The lowest BCUT2D eigenvalue weighted by molar-refractivity contribution is 0.0727. The van der Waals surface area contributed by atoms with E-state index in [1.807, 2.05) is 175 Å². The minimum Gasteiger partial charge on any atom is -0.369 e. The monoisotopic (exact) mass is 1690 g/mol. The van der Waals surface area contributed by atoms with Crippen LogP contribution in [0, 0.1) is 34.6 Å². The van der Waals surface area contributed by atoms with Gasteiger partial charge in [-0.05, 0) is 185 Å². The number of amides is 9. The fraction of sp³-hybridized carbons (Fsp3) is 0.378. The highest BCUT2D eigenvalue weighted by atomic mass is 32.1. The molecule has 9 amide bonds. The van der Waals surface area contributed by atoms with Crippen LogP contribution < -0.4 is 20.0 Å². The zero-order chi connectivity index (χ0) is 83.4. The molecule has 6 heterocycles. The lowest BCUT2D eigenvalue weighted by Crippen LogP contribution is -2.47. The molecule has 0 spiro atoms. The van der Waals surface area contributed by atoms with E-state index < -0.39 is 0 Å². The van der Waals surface area contributed by atoms with Crippen LogP contribution in [0.25, 0.3) is 33.4 Å². The molecule has 23 heteroatoms. The Balaban J connectivity index is 0.000000192. The summed E-state index contributed by atoms with van der Waals surface area (Å²) in [6, 6.07) is 72.3. The first kappa shape index (κ1) is 92.6. The maximum Gasteiger partial charge on any atom is 0.320 e. The van der Waals surface area contributed by atoms with Gasteiger partial charge in [-0.3, -0.25) is 19.2 Å². The van der Waals surface area contributed by atoms with E-state index >= 15 is 0 Å². The molecule has 0 saturated carbocycles. The van der Waals surface area contributed by atoms with Crippen LogP contribution in [0.4, 0.5) is 31.4 Å². The van der Waals surface area contributed by atoms with Crippen molar-refractivity contribution < 1.29 is 33.6 Å². The molecular weight excluding hydrogens is 1570 g/mol. The number of benzene rings is 9. The summed E-state index contributed by atoms with van der Waals surface area (Å²) in [5.41, 5.74) is 19.9. The Morgan fingerprint density at radius 2 is 0.661 bits per heavy atom. The first-order valence-electron chi connectivity index (χ1n) is 41.9. The van der Waals surface area contributed by atoms with Crippen LogP contribution in [-0.2, 0) is 6.54 Å². The second kappa shape index (κ2) is 42.2. The molecule has 6 aliphatic heterocycles. The molecule has 6 saturated heterocycles. The third-order valence-electron chi connectivity index (χ3n) is 25.2. The first-order valence-corrected chi connectivity index (χ1v) is 41.9. The molecule has 640 valence electrons. The molecule has 9 aromatic carbocycles. The standard InChI is InChI=1S/C40H47N5O2.C33H38N4O3.C25H32N4O2.3H2S/c1-29-11-14-32(15-12-29)33-16-18-34(19-17-33)39(46)42(4)35-22-24-45(28-35)40(47)43(5)36-21-23-44(27-36)37-20-13-30(2)25-38(37)41(3)26-31-9-7-6-8-10-31;1-23-5-8-25(9-6-23)26-10-12-27(13-11-26)32(39)34(3)29-16-18-37(21-29)33(40)35(4)30-15-17-36(20-30)31-14-7-24(2)19-28(31)22-38;1-18-4-6-19(7-5-18)20-8-10-21(11-9-20)24(30)27(2)23-13-15-29(17-23)25(31)28(3)22-12-14-26-16-22;;;/h6-20,25,35-36H,21-24,26-28H2,1-5H3;5-14,19,22,29-30H,15-18,20-21H2,1-4H3;4-11,22-23,26H,12-17H2,1-3H3;3*1H2. The van der Waals surface area contributed by atoms with E-state index in [1.165, 1.54) is 39.2 Å². The Morgan fingerprint density at radius 1 is 0.347 bits per heavy atom. The van der Waals surface area contributed by atoms with Crippen LogP contribution in [0.5, 0.6) is 0 Å². The Morgan fingerprint density at radius 3 is 1.02 bits per heavy atom. The summed E-state index contributed by atoms with van der Waals surface area (Å²) in [6.45, 7) is 19.8. The number of anilines is 3. The van der Waals surface area contributed by atoms with E-state index in [0.29, 0.717) is 68.1 Å². The normalized spacial score (nSPS) is 18.3. The average Bonchev–Trinajstić information content (AvgIpc) is 1.75. The molecule has 0 radical (unpaired) electrons. The van der Waals surface area contributed by atoms with E-state index in [4.69, 9.17) is 0 Å². The van der Waals surface area contributed by atoms with Crippen molar-refractivity contribution in [3.05, 3.63) is 268 Å². The maximum atomic E-state index is 13.7. The van der Waals surface area contributed by atoms with Crippen LogP contribution in [0.2, 0.25) is 0 Å². The number of carbonyl (C=O) groups is 7. The Kier molecular flexibility index (Phi) is 32.3. The summed E-state index contributed by atoms with van der Waals surface area (Å²) >= 11 is 0. The van der Waals surface area contributed by atoms with Gasteiger partial charge in [0.15, 0.2) is 6.29 Å². The molecule has 0 bridgehead atoms. The minimum atomic E-state index is -0.0291. The highest BCUT2D eigenvalue weighted by Crippen LogP contribution is 2.36. The number of urea groups is 3. The van der Waals surface area contributed by atoms with Gasteiger partial charge in [-0.2, -0.15) is 40.5 Å². The van der Waals surface area contributed by atoms with Crippen molar-refractivity contribution in [3.8, 4) is 33.4 Å². The van der Waals surface area contributed by atoms with Crippen molar-refractivity contribution in [1.29, 1.82) is 0 Å². The zero-order valence-corrected chi connectivity index (χ0v) is 75.4. The third-order valence-corrected chi connectivity index (χ3v) is 25.2. The number of nitrogens with one attached hydrogen (secondary N) is 1. The Labute approximate surface area is 737 Å². The topological polar surface area (TPSA) is 170 Å². The number of aryl methyl sites for hydroxylation is 5. The lowest BCUT2D eigenvalue weighted by Gasteiger charge is -2.32. The average molecular weight is 1690 g/mol. The largest absolute Gasteiger partial charge is 0.369 e. The van der Waals surface area contributed by atoms with Crippen LogP contribution in [0.1, 0.15) is 113 Å². The molecule has 6 atom stereocenters. The zero-order valence-electron chi connectivity index (χ0n) is 72.4. The summed E-state index contributed by atoms with van der Waals surface area (Å²) < 4.78 is 0. The summed E-state index contributed by atoms with van der Waals surface area (Å²) in [4.78, 5) is 115. The minimum absolute atomic E-state index is 0. The second-order valence-corrected chi connectivity index (χ2v) is 33.4. The molecule has 1 N–H and O–H groups in total. The van der Waals surface area contributed by atoms with Crippen molar-refractivity contribution in [2.75, 3.05) is 143 Å². The molecule has 0 aliphatic carbocycles. The van der Waals surface area contributed by atoms with Crippen molar-refractivity contribution in [2.45, 2.75) is 116 Å². The first-order chi connectivity index (χ1) is 56.9. The third kappa shape index (κ3) is 22.3. The summed E-state index contributed by atoms with van der Waals surface area (Å²) in [7, 11) is 13.4. The van der Waals surface area contributed by atoms with Crippen LogP contribution in [-0.4, -0.2) is 250 Å². The van der Waals surface area contributed by atoms with E-state index in [9.17, 15) is 33.6 Å². The maximum absolute atomic E-state index is 13.7. The summed E-state index contributed by atoms with van der Waals surface area (Å²) in [6.07, 6.45) is 6.02. The van der Waals surface area contributed by atoms with Gasteiger partial charge in [0.25, 0.3) is 17.7 Å². The van der Waals surface area contributed by atoms with Crippen molar-refractivity contribution >= 4 is 99.7 Å². The molecule has 6 aliphatic rings. The number of rotatable bonds is 18. The van der Waals surface area contributed by atoms with Gasteiger partial charge in [-0.25, -0.2) is 14.4 Å². The molecule has 6 fully saturated rings. The number of carbonyl (C=O) groups excluding carboxylic acids is 7. The number of aldehydes is 1. The van der Waals surface area contributed by atoms with Gasteiger partial charge in [0, 0.05) is 162 Å². The molecule has 121 heavy (non-hydrogen) atoms. The van der Waals surface area contributed by atoms with Gasteiger partial charge in [-0.15, -0.1) is 0 Å². The van der Waals surface area contributed by atoms with Crippen LogP contribution >= 0.6 is 40.5 Å². The summed E-state index contributed by atoms with van der Waals surface area (Å²) in [5.74, 6) is -0.0348. The van der Waals surface area contributed by atoms with Crippen molar-refractivity contribution in [2.24, 2.45) is 0 Å². The molecule has 6 unspecified atom stereocenters. The number of nitrogens with zero attached hydrogens (tertiary/aromatic N) is 12. The Bertz CT molecular complexity index is 4990. The smallest absolute Gasteiger partial charge is 0.320 e. The van der Waals surface area contributed by atoms with Crippen LogP contribution in [0.15, 0.2) is 212 Å². The number of hydrogen-bond donors (Lipinski definition) is 1. The fourth-order valence-corrected chi connectivity index (χ4v) is 17.3. The molecule has 0 aromatic heterocycles. The van der Waals surface area contributed by atoms with Gasteiger partial charge >= 0.3 is 18.1 Å². The van der Waals surface area contributed by atoms with E-state index in [0.717, 1.165) is 129 Å². The van der Waals surface area contributed by atoms with E-state index in [1.54, 1.807) is 9.80 Å². The summed E-state index contributed by atoms with van der Waals surface area (Å²) in [5, 5.41) is 3.31. The molecule has 15 rings (SSSR count). The highest BCUT2D eigenvalue weighted by Gasteiger charge is 2.40. The number of likely N-dealkylation sites (tertiary alicyclic amines) is 3. The Hall–Kier alpha value is -10.7. The number of likely N-dealkylation sites (N-methyl/N-ethyl adjacent to an activating group) is 6. The van der Waals surface area contributed by atoms with Crippen molar-refractivity contribution in [1.82, 2.24) is 49.4 Å². The quantitative estimate of drug-likeness (QED) is 0.0811. The molecule has 20 nitrogen and oxygen atoms in total. The van der Waals surface area contributed by atoms with Crippen LogP contribution in [0.3, 0.4) is 0 Å². The predicted molar refractivity (Wildman–Crippen MR) is 505 cm³/mol.